The Morgan fingerprint density at radius 2 is 1.41 bits per heavy atom. The summed E-state index contributed by atoms with van der Waals surface area (Å²) in [5, 5.41) is 2.69. The molecule has 32 heavy (non-hydrogen) atoms. The number of fused-ring (bicyclic) bond motifs is 3. The van der Waals surface area contributed by atoms with Gasteiger partial charge in [-0.3, -0.25) is 0 Å². The molecule has 0 amide bonds. The van der Waals surface area contributed by atoms with Gasteiger partial charge in [0.1, 0.15) is 0 Å². The molecule has 0 radical (unpaired) electrons. The second-order valence-electron chi connectivity index (χ2n) is 8.26. The first-order chi connectivity index (χ1) is 15.8. The Morgan fingerprint density at radius 1 is 0.688 bits per heavy atom. The highest BCUT2D eigenvalue weighted by Gasteiger charge is 2.21. The molecule has 1 heteroatoms. The third-order valence-corrected chi connectivity index (χ3v) is 6.37. The van der Waals surface area contributed by atoms with E-state index in [-0.39, 0.29) is 0 Å². The highest BCUT2D eigenvalue weighted by atomic mass is 14.6. The summed E-state index contributed by atoms with van der Waals surface area (Å²) >= 11 is 0. The molecule has 0 bridgehead atoms. The van der Waals surface area contributed by atoms with Crippen LogP contribution in [0.4, 0.5) is 0 Å². The molecule has 0 aliphatic heterocycles. The van der Waals surface area contributed by atoms with Gasteiger partial charge in [-0.05, 0) is 79.9 Å². The van der Waals surface area contributed by atoms with Crippen LogP contribution in [0.2, 0.25) is 0 Å². The van der Waals surface area contributed by atoms with Gasteiger partial charge >= 0.3 is 0 Å². The maximum absolute atomic E-state index is 3.13. The lowest BCUT2D eigenvalue weighted by molar-refractivity contribution is 1.41. The van der Waals surface area contributed by atoms with Gasteiger partial charge in [-0.1, -0.05) is 91.0 Å². The second kappa shape index (κ2) is 7.55. The molecule has 6 rings (SSSR count). The van der Waals surface area contributed by atoms with Crippen molar-refractivity contribution in [1.82, 2.24) is 4.98 Å². The summed E-state index contributed by atoms with van der Waals surface area (Å²) in [7, 11) is 0. The molecule has 1 aromatic heterocycles. The summed E-state index contributed by atoms with van der Waals surface area (Å²) in [6, 6.07) is 31.0. The molecule has 0 saturated carbocycles. The average Bonchev–Trinajstić information content (AvgIpc) is 3.47. The zero-order chi connectivity index (χ0) is 21.5. The molecule has 1 aliphatic rings. The monoisotopic (exact) mass is 409 g/mol. The van der Waals surface area contributed by atoms with Gasteiger partial charge in [0.05, 0.1) is 0 Å². The lowest BCUT2D eigenvalue weighted by atomic mass is 9.93. The van der Waals surface area contributed by atoms with Gasteiger partial charge < -0.3 is 4.98 Å². The van der Waals surface area contributed by atoms with Crippen LogP contribution in [0.25, 0.3) is 55.8 Å². The largest absolute Gasteiger partial charge is 0.367 e. The van der Waals surface area contributed by atoms with Crippen molar-refractivity contribution in [2.45, 2.75) is 6.92 Å². The highest BCUT2D eigenvalue weighted by molar-refractivity contribution is 6.18. The fourth-order valence-corrected chi connectivity index (χ4v) is 4.92. The average molecular weight is 410 g/mol. The topological polar surface area (TPSA) is 15.8 Å². The smallest absolute Gasteiger partial charge is 0.00783 e. The zero-order valence-electron chi connectivity index (χ0n) is 18.0. The molecule has 1 N–H and O–H groups in total. The van der Waals surface area contributed by atoms with Crippen LogP contribution in [-0.4, -0.2) is 4.98 Å². The molecule has 152 valence electrons. The zero-order valence-corrected chi connectivity index (χ0v) is 18.0. The molecule has 0 unspecified atom stereocenters. The van der Waals surface area contributed by atoms with Gasteiger partial charge in [-0.25, -0.2) is 0 Å². The minimum Gasteiger partial charge on any atom is -0.367 e. The van der Waals surface area contributed by atoms with Crippen molar-refractivity contribution in [2.75, 3.05) is 0 Å². The van der Waals surface area contributed by atoms with Crippen LogP contribution in [0.1, 0.15) is 18.1 Å². The van der Waals surface area contributed by atoms with Crippen LogP contribution < -0.4 is 0 Å². The molecule has 0 spiro atoms. The molecule has 1 heterocycles. The van der Waals surface area contributed by atoms with Crippen molar-refractivity contribution in [1.29, 1.82) is 0 Å². The third-order valence-electron chi connectivity index (χ3n) is 6.37. The number of benzene rings is 4. The lowest BCUT2D eigenvalue weighted by Gasteiger charge is -2.11. The normalized spacial score (nSPS) is 12.6. The third kappa shape index (κ3) is 2.94. The number of aromatic nitrogens is 1. The number of aromatic amines is 1. The van der Waals surface area contributed by atoms with E-state index in [0.717, 1.165) is 0 Å². The molecule has 1 aliphatic carbocycles. The Balaban J connectivity index is 1.45. The quantitative estimate of drug-likeness (QED) is 0.281. The van der Waals surface area contributed by atoms with Crippen LogP contribution in [0.15, 0.2) is 109 Å². The molecule has 0 atom stereocenters. The molecule has 5 aromatic rings. The van der Waals surface area contributed by atoms with Crippen molar-refractivity contribution in [3.05, 3.63) is 121 Å². The number of hydrogen-bond acceptors (Lipinski definition) is 0. The predicted molar refractivity (Wildman–Crippen MR) is 137 cm³/mol. The van der Waals surface area contributed by atoms with E-state index in [9.17, 15) is 0 Å². The highest BCUT2D eigenvalue weighted by Crippen LogP contribution is 2.49. The Hall–Kier alpha value is -4.10. The number of H-pyrrole nitrogens is 1. The molecular formula is C31H23N. The second-order valence-corrected chi connectivity index (χ2v) is 8.26. The molecule has 1 nitrogen and oxygen atoms in total. The van der Waals surface area contributed by atoms with Crippen molar-refractivity contribution in [3.8, 4) is 33.4 Å². The van der Waals surface area contributed by atoms with E-state index in [1.807, 2.05) is 12.4 Å². The van der Waals surface area contributed by atoms with Gasteiger partial charge in [0.2, 0.25) is 0 Å². The van der Waals surface area contributed by atoms with Gasteiger partial charge in [-0.2, -0.15) is 0 Å². The summed E-state index contributed by atoms with van der Waals surface area (Å²) in [5.41, 5.74) is 11.5. The van der Waals surface area contributed by atoms with Gasteiger partial charge in [-0.15, -0.1) is 0 Å². The molecule has 4 aromatic carbocycles. The fourth-order valence-electron chi connectivity index (χ4n) is 4.92. The first-order valence-corrected chi connectivity index (χ1v) is 11.1. The maximum atomic E-state index is 3.13. The summed E-state index contributed by atoms with van der Waals surface area (Å²) in [5.74, 6) is 0. The van der Waals surface area contributed by atoms with Crippen LogP contribution in [0.3, 0.4) is 0 Å². The predicted octanol–water partition coefficient (Wildman–Crippen LogP) is 8.60. The van der Waals surface area contributed by atoms with Crippen molar-refractivity contribution < 1.29 is 0 Å². The van der Waals surface area contributed by atoms with Crippen LogP contribution in [-0.2, 0) is 0 Å². The van der Waals surface area contributed by atoms with Crippen LogP contribution >= 0.6 is 0 Å². The van der Waals surface area contributed by atoms with E-state index in [1.54, 1.807) is 0 Å². The van der Waals surface area contributed by atoms with E-state index in [0.29, 0.717) is 0 Å². The molecular weight excluding hydrogens is 386 g/mol. The van der Waals surface area contributed by atoms with Crippen molar-refractivity contribution >= 4 is 22.4 Å². The van der Waals surface area contributed by atoms with Crippen molar-refractivity contribution in [3.63, 3.8) is 0 Å². The molecule has 0 saturated heterocycles. The maximum Gasteiger partial charge on any atom is 0.00783 e. The van der Waals surface area contributed by atoms with E-state index >= 15 is 0 Å². The van der Waals surface area contributed by atoms with E-state index in [4.69, 9.17) is 0 Å². The van der Waals surface area contributed by atoms with E-state index in [2.05, 4.69) is 115 Å². The van der Waals surface area contributed by atoms with Crippen LogP contribution in [0, 0.1) is 0 Å². The Bertz CT molecular complexity index is 1470. The SMILES string of the molecule is C/C=C\C(=C/c1cc[nH]c1)c1ccc(-c2ccc3c4c(cccc24)-c2ccccc2-3)cc1. The number of hydrogen-bond donors (Lipinski definition) is 1. The summed E-state index contributed by atoms with van der Waals surface area (Å²) in [4.78, 5) is 3.13. The molecule has 0 fully saturated rings. The van der Waals surface area contributed by atoms with Gasteiger partial charge in [0, 0.05) is 12.4 Å². The summed E-state index contributed by atoms with van der Waals surface area (Å²) < 4.78 is 0. The number of rotatable bonds is 4. The minimum atomic E-state index is 1.18. The van der Waals surface area contributed by atoms with E-state index < -0.39 is 0 Å². The van der Waals surface area contributed by atoms with E-state index in [1.165, 1.54) is 60.9 Å². The Labute approximate surface area is 188 Å². The summed E-state index contributed by atoms with van der Waals surface area (Å²) in [6.45, 7) is 2.06. The Morgan fingerprint density at radius 3 is 2.12 bits per heavy atom. The fraction of sp³-hybridized carbons (Fsp3) is 0.0323. The van der Waals surface area contributed by atoms with Gasteiger partial charge in [0.25, 0.3) is 0 Å². The van der Waals surface area contributed by atoms with Crippen molar-refractivity contribution in [2.24, 2.45) is 0 Å². The lowest BCUT2D eigenvalue weighted by Crippen LogP contribution is -1.86. The first kappa shape index (κ1) is 18.7. The number of allylic oxidation sites excluding steroid dienone is 3. The number of nitrogens with one attached hydrogen (secondary N) is 1. The van der Waals surface area contributed by atoms with Crippen LogP contribution in [0.5, 0.6) is 0 Å². The summed E-state index contributed by atoms with van der Waals surface area (Å²) in [6.07, 6.45) is 10.4. The minimum absolute atomic E-state index is 1.18. The first-order valence-electron chi connectivity index (χ1n) is 11.1. The standard InChI is InChI=1S/C31H23N/c1-2-6-24(19-21-17-18-32-20-21)22-11-13-23(14-12-22)25-15-16-30-27-8-4-3-7-26(27)29-10-5-9-28(25)31(29)30/h2-20,32H,1H3/b6-2-,24-19+. The van der Waals surface area contributed by atoms with Gasteiger partial charge in [0.15, 0.2) is 0 Å². The Kier molecular flexibility index (Phi) is 4.40.